The molecule has 0 radical (unpaired) electrons. The quantitative estimate of drug-likeness (QED) is 0.307. The first-order valence-electron chi connectivity index (χ1n) is 13.0. The van der Waals surface area contributed by atoms with E-state index in [2.05, 4.69) is 43.3 Å². The summed E-state index contributed by atoms with van der Waals surface area (Å²) in [5.41, 5.74) is -1.92. The zero-order valence-corrected chi connectivity index (χ0v) is 24.2. The van der Waals surface area contributed by atoms with E-state index in [9.17, 15) is 24.6 Å². The van der Waals surface area contributed by atoms with Crippen molar-refractivity contribution in [1.29, 1.82) is 0 Å². The molecule has 9 heteroatoms. The number of nitrogens with zero attached hydrogens (tertiary/aromatic N) is 2. The molecule has 3 aliphatic heterocycles. The summed E-state index contributed by atoms with van der Waals surface area (Å²) < 4.78 is 6.41. The van der Waals surface area contributed by atoms with E-state index in [1.807, 2.05) is 27.7 Å². The molecule has 1 spiro atoms. The second-order valence-electron chi connectivity index (χ2n) is 12.7. The van der Waals surface area contributed by atoms with E-state index < -0.39 is 53.0 Å². The summed E-state index contributed by atoms with van der Waals surface area (Å²) in [6.07, 6.45) is 2.72. The molecule has 3 saturated heterocycles. The maximum atomic E-state index is 14.6. The first-order valence-corrected chi connectivity index (χ1v) is 13.9. The van der Waals surface area contributed by atoms with Crippen LogP contribution in [0.15, 0.2) is 12.7 Å². The van der Waals surface area contributed by atoms with Gasteiger partial charge in [0.1, 0.15) is 11.6 Å². The Hall–Kier alpha value is -1.45. The maximum absolute atomic E-state index is 14.6. The van der Waals surface area contributed by atoms with Crippen molar-refractivity contribution in [2.24, 2.45) is 23.2 Å². The number of carbonyl (C=O) groups excluding carboxylic acids is 2. The summed E-state index contributed by atoms with van der Waals surface area (Å²) in [5, 5.41) is 20.5. The van der Waals surface area contributed by atoms with Gasteiger partial charge in [-0.2, -0.15) is 0 Å². The van der Waals surface area contributed by atoms with Crippen molar-refractivity contribution < 1.29 is 29.3 Å². The molecule has 36 heavy (non-hydrogen) atoms. The lowest BCUT2D eigenvalue weighted by Gasteiger charge is -2.47. The van der Waals surface area contributed by atoms with Crippen molar-refractivity contribution in [3.63, 3.8) is 0 Å². The second-order valence-corrected chi connectivity index (χ2v) is 13.8. The number of carboxylic acid groups (broad SMARTS) is 1. The number of likely N-dealkylation sites (tertiary alicyclic amines) is 1. The Balaban J connectivity index is 2.19. The molecular formula is C27H43BrN2O6. The number of halogens is 1. The normalized spacial score (nSPS) is 33.4. The molecule has 3 rings (SSSR count). The second kappa shape index (κ2) is 10.0. The third-order valence-electron chi connectivity index (χ3n) is 8.36. The van der Waals surface area contributed by atoms with Gasteiger partial charge in [0.05, 0.1) is 30.6 Å². The van der Waals surface area contributed by atoms with Crippen LogP contribution >= 0.6 is 15.9 Å². The minimum absolute atomic E-state index is 0.0722. The van der Waals surface area contributed by atoms with E-state index in [0.717, 1.165) is 0 Å². The number of hydrogen-bond donors (Lipinski definition) is 2. The number of aliphatic carboxylic acids is 1. The van der Waals surface area contributed by atoms with Gasteiger partial charge >= 0.3 is 5.97 Å². The molecule has 0 aromatic heterocycles. The molecule has 8 nitrogen and oxygen atoms in total. The average molecular weight is 572 g/mol. The van der Waals surface area contributed by atoms with Gasteiger partial charge in [-0.25, -0.2) is 0 Å². The van der Waals surface area contributed by atoms with Crippen molar-refractivity contribution in [1.82, 2.24) is 9.80 Å². The fraction of sp³-hybridized carbons (Fsp3) is 0.815. The van der Waals surface area contributed by atoms with Crippen LogP contribution in [0.1, 0.15) is 67.7 Å². The Morgan fingerprint density at radius 1 is 1.33 bits per heavy atom. The molecule has 2 amide bonds. The van der Waals surface area contributed by atoms with Crippen LogP contribution in [0.25, 0.3) is 0 Å². The van der Waals surface area contributed by atoms with Gasteiger partial charge in [-0.05, 0) is 38.0 Å². The van der Waals surface area contributed by atoms with E-state index in [0.29, 0.717) is 19.3 Å². The van der Waals surface area contributed by atoms with Gasteiger partial charge < -0.3 is 24.7 Å². The predicted octanol–water partition coefficient (Wildman–Crippen LogP) is 3.46. The van der Waals surface area contributed by atoms with Crippen LogP contribution < -0.4 is 0 Å². The lowest BCUT2D eigenvalue weighted by Crippen LogP contribution is -2.63. The predicted molar refractivity (Wildman–Crippen MR) is 141 cm³/mol. The summed E-state index contributed by atoms with van der Waals surface area (Å²) in [5.74, 6) is -3.92. The van der Waals surface area contributed by atoms with Gasteiger partial charge in [0, 0.05) is 16.9 Å². The molecular weight excluding hydrogens is 528 g/mol. The standard InChI is InChI=1S/C27H43BrN2O6/c1-9-11-29(26(7,8)14-25(4,5)6)23(33)21-27-12-16(28)20(36-27)18(24(34)35)19(27)22(32)30(21)17(13-31)15(3)10-2/h9,15-21,31H,1,10-14H2,2-8H3,(H,34,35)/t15-,16?,17-,18-,19+,20-,21-,27+/m0/s1. The topological polar surface area (TPSA) is 107 Å². The number of alkyl halides is 1. The van der Waals surface area contributed by atoms with Crippen LogP contribution in [-0.2, 0) is 19.1 Å². The molecule has 0 aliphatic carbocycles. The first-order chi connectivity index (χ1) is 16.6. The molecule has 2 bridgehead atoms. The molecule has 1 unspecified atom stereocenters. The lowest BCUT2D eigenvalue weighted by atomic mass is 9.70. The third kappa shape index (κ3) is 4.64. The largest absolute Gasteiger partial charge is 0.481 e. The van der Waals surface area contributed by atoms with Gasteiger partial charge in [-0.15, -0.1) is 6.58 Å². The number of aliphatic hydroxyl groups is 1. The summed E-state index contributed by atoms with van der Waals surface area (Å²) in [4.78, 5) is 44.0. The van der Waals surface area contributed by atoms with Crippen LogP contribution in [0.5, 0.6) is 0 Å². The highest BCUT2D eigenvalue weighted by molar-refractivity contribution is 9.09. The Morgan fingerprint density at radius 2 is 1.94 bits per heavy atom. The van der Waals surface area contributed by atoms with Crippen LogP contribution in [-0.4, -0.2) is 85.1 Å². The van der Waals surface area contributed by atoms with Gasteiger partial charge in [0.15, 0.2) is 0 Å². The highest BCUT2D eigenvalue weighted by Crippen LogP contribution is 2.61. The van der Waals surface area contributed by atoms with E-state index in [4.69, 9.17) is 4.74 Å². The van der Waals surface area contributed by atoms with Crippen LogP contribution in [0.4, 0.5) is 0 Å². The van der Waals surface area contributed by atoms with E-state index >= 15 is 0 Å². The summed E-state index contributed by atoms with van der Waals surface area (Å²) in [7, 11) is 0. The monoisotopic (exact) mass is 570 g/mol. The summed E-state index contributed by atoms with van der Waals surface area (Å²) in [6.45, 7) is 18.1. The molecule has 3 aliphatic rings. The van der Waals surface area contributed by atoms with E-state index in [1.54, 1.807) is 11.0 Å². The lowest BCUT2D eigenvalue weighted by molar-refractivity contribution is -0.157. The number of hydrogen-bond acceptors (Lipinski definition) is 5. The maximum Gasteiger partial charge on any atom is 0.310 e. The Labute approximate surface area is 223 Å². The summed E-state index contributed by atoms with van der Waals surface area (Å²) >= 11 is 3.59. The number of fused-ring (bicyclic) bond motifs is 1. The highest BCUT2D eigenvalue weighted by atomic mass is 79.9. The van der Waals surface area contributed by atoms with Crippen molar-refractivity contribution >= 4 is 33.7 Å². The van der Waals surface area contributed by atoms with Gasteiger partial charge in [-0.1, -0.05) is 63.0 Å². The Bertz CT molecular complexity index is 901. The number of ether oxygens (including phenoxy) is 1. The number of rotatable bonds is 10. The smallest absolute Gasteiger partial charge is 0.310 e. The average Bonchev–Trinajstić information content (AvgIpc) is 3.34. The Kier molecular flexibility index (Phi) is 8.11. The van der Waals surface area contributed by atoms with Gasteiger partial charge in [0.2, 0.25) is 11.8 Å². The van der Waals surface area contributed by atoms with Crippen LogP contribution in [0.3, 0.4) is 0 Å². The van der Waals surface area contributed by atoms with Crippen molar-refractivity contribution in [3.8, 4) is 0 Å². The zero-order valence-electron chi connectivity index (χ0n) is 22.7. The van der Waals surface area contributed by atoms with E-state index in [-0.39, 0.29) is 35.2 Å². The first kappa shape index (κ1) is 29.1. The molecule has 3 fully saturated rings. The van der Waals surface area contributed by atoms with E-state index in [1.165, 1.54) is 4.90 Å². The number of carboxylic acids is 1. The molecule has 8 atom stereocenters. The fourth-order valence-electron chi connectivity index (χ4n) is 7.11. The zero-order chi connectivity index (χ0) is 27.4. The minimum Gasteiger partial charge on any atom is -0.481 e. The number of carbonyl (C=O) groups is 3. The molecule has 2 N–H and O–H groups in total. The highest BCUT2D eigenvalue weighted by Gasteiger charge is 2.77. The van der Waals surface area contributed by atoms with Crippen LogP contribution in [0, 0.1) is 23.2 Å². The summed E-state index contributed by atoms with van der Waals surface area (Å²) in [6, 6.07) is -1.66. The van der Waals surface area contributed by atoms with Gasteiger partial charge in [0.25, 0.3) is 0 Å². The molecule has 0 aromatic rings. The fourth-order valence-corrected chi connectivity index (χ4v) is 8.05. The number of aliphatic hydroxyl groups excluding tert-OH is 1. The van der Waals surface area contributed by atoms with Gasteiger partial charge in [-0.3, -0.25) is 14.4 Å². The Morgan fingerprint density at radius 3 is 2.42 bits per heavy atom. The minimum atomic E-state index is -1.27. The van der Waals surface area contributed by atoms with Crippen molar-refractivity contribution in [2.45, 2.75) is 102 Å². The van der Waals surface area contributed by atoms with Crippen molar-refractivity contribution in [3.05, 3.63) is 12.7 Å². The number of amides is 2. The third-order valence-corrected chi connectivity index (χ3v) is 9.21. The molecule has 0 aromatic carbocycles. The SMILES string of the molecule is C=CCN(C(=O)[C@@H]1N([C@@H](CO)[C@@H](C)CC)C(=O)[C@H]2[C@H](C(=O)O)[C@H]3O[C@@]12CC3Br)C(C)(C)CC(C)(C)C. The molecule has 3 heterocycles. The molecule has 204 valence electrons. The molecule has 0 saturated carbocycles. The van der Waals surface area contributed by atoms with Crippen LogP contribution in [0.2, 0.25) is 0 Å². The van der Waals surface area contributed by atoms with Crippen molar-refractivity contribution in [2.75, 3.05) is 13.2 Å².